The molecule has 0 heterocycles. The maximum Gasteiger partial charge on any atom is 0.119 e. The standard InChI is InChI=1S/C15H23NO3/c1-18-13-6-5-12-3-2-4-15(14(12)11-13)16-7-9-19-10-8-17/h5-6,11,15-17H,2-4,7-10H2,1H3. The lowest BCUT2D eigenvalue weighted by Gasteiger charge is -2.27. The Morgan fingerprint density at radius 1 is 1.37 bits per heavy atom. The number of nitrogens with one attached hydrogen (secondary N) is 1. The lowest BCUT2D eigenvalue weighted by Crippen LogP contribution is -2.28. The van der Waals surface area contributed by atoms with Gasteiger partial charge in [0.2, 0.25) is 0 Å². The maximum absolute atomic E-state index is 8.64. The van der Waals surface area contributed by atoms with Gasteiger partial charge in [-0.2, -0.15) is 0 Å². The molecule has 0 saturated carbocycles. The van der Waals surface area contributed by atoms with Crippen LogP contribution in [0, 0.1) is 0 Å². The SMILES string of the molecule is COc1ccc2c(c1)C(NCCOCCO)CCC2. The van der Waals surface area contributed by atoms with Gasteiger partial charge >= 0.3 is 0 Å². The first kappa shape index (κ1) is 14.3. The average Bonchev–Trinajstić information content (AvgIpc) is 2.46. The monoisotopic (exact) mass is 265 g/mol. The van der Waals surface area contributed by atoms with Crippen molar-refractivity contribution in [1.82, 2.24) is 5.32 Å². The molecular weight excluding hydrogens is 242 g/mol. The summed E-state index contributed by atoms with van der Waals surface area (Å²) in [5, 5.41) is 12.2. The highest BCUT2D eigenvalue weighted by Crippen LogP contribution is 2.32. The van der Waals surface area contributed by atoms with Crippen LogP contribution in [-0.2, 0) is 11.2 Å². The minimum Gasteiger partial charge on any atom is -0.497 e. The van der Waals surface area contributed by atoms with Crippen molar-refractivity contribution in [3.8, 4) is 5.75 Å². The summed E-state index contributed by atoms with van der Waals surface area (Å²) in [5.74, 6) is 0.920. The molecule has 1 aromatic carbocycles. The predicted octanol–water partition coefficient (Wildman–Crippen LogP) is 1.67. The Labute approximate surface area is 114 Å². The second kappa shape index (κ2) is 7.48. The highest BCUT2D eigenvalue weighted by atomic mass is 16.5. The van der Waals surface area contributed by atoms with Gasteiger partial charge in [-0.15, -0.1) is 0 Å². The van der Waals surface area contributed by atoms with Crippen LogP contribution in [0.25, 0.3) is 0 Å². The van der Waals surface area contributed by atoms with Gasteiger partial charge in [0.25, 0.3) is 0 Å². The van der Waals surface area contributed by atoms with Crippen LogP contribution in [0.3, 0.4) is 0 Å². The van der Waals surface area contributed by atoms with Gasteiger partial charge in [0.05, 0.1) is 26.9 Å². The van der Waals surface area contributed by atoms with E-state index in [-0.39, 0.29) is 6.61 Å². The van der Waals surface area contributed by atoms with Gasteiger partial charge in [0.15, 0.2) is 0 Å². The van der Waals surface area contributed by atoms with Crippen molar-refractivity contribution in [3.63, 3.8) is 0 Å². The number of aliphatic hydroxyl groups is 1. The number of methoxy groups -OCH3 is 1. The van der Waals surface area contributed by atoms with E-state index in [0.29, 0.717) is 19.3 Å². The molecule has 1 atom stereocenters. The Morgan fingerprint density at radius 2 is 2.26 bits per heavy atom. The molecule has 1 aliphatic rings. The van der Waals surface area contributed by atoms with Crippen molar-refractivity contribution in [2.24, 2.45) is 0 Å². The van der Waals surface area contributed by atoms with Gasteiger partial charge in [0, 0.05) is 12.6 Å². The highest BCUT2D eigenvalue weighted by molar-refractivity contribution is 5.39. The molecule has 0 saturated heterocycles. The first-order valence-electron chi connectivity index (χ1n) is 6.94. The zero-order chi connectivity index (χ0) is 13.5. The summed E-state index contributed by atoms with van der Waals surface area (Å²) in [4.78, 5) is 0. The lowest BCUT2D eigenvalue weighted by atomic mass is 9.87. The van der Waals surface area contributed by atoms with Gasteiger partial charge in [-0.25, -0.2) is 0 Å². The van der Waals surface area contributed by atoms with E-state index in [2.05, 4.69) is 17.4 Å². The van der Waals surface area contributed by atoms with E-state index >= 15 is 0 Å². The van der Waals surface area contributed by atoms with E-state index in [0.717, 1.165) is 25.1 Å². The average molecular weight is 265 g/mol. The van der Waals surface area contributed by atoms with Crippen LogP contribution in [0.15, 0.2) is 18.2 Å². The maximum atomic E-state index is 8.64. The third-order valence-corrected chi connectivity index (χ3v) is 3.54. The van der Waals surface area contributed by atoms with Crippen LogP contribution in [0.5, 0.6) is 5.75 Å². The molecule has 2 N–H and O–H groups in total. The van der Waals surface area contributed by atoms with Crippen LogP contribution in [0.2, 0.25) is 0 Å². The van der Waals surface area contributed by atoms with Crippen molar-refractivity contribution in [1.29, 1.82) is 0 Å². The Morgan fingerprint density at radius 3 is 3.05 bits per heavy atom. The number of aryl methyl sites for hydroxylation is 1. The summed E-state index contributed by atoms with van der Waals surface area (Å²) in [7, 11) is 1.70. The summed E-state index contributed by atoms with van der Waals surface area (Å²) in [6.45, 7) is 1.94. The van der Waals surface area contributed by atoms with Gasteiger partial charge in [-0.1, -0.05) is 6.07 Å². The second-order valence-electron chi connectivity index (χ2n) is 4.80. The molecule has 0 radical (unpaired) electrons. The van der Waals surface area contributed by atoms with Crippen LogP contribution < -0.4 is 10.1 Å². The molecule has 1 unspecified atom stereocenters. The van der Waals surface area contributed by atoms with E-state index in [1.807, 2.05) is 6.07 Å². The number of aliphatic hydroxyl groups excluding tert-OH is 1. The van der Waals surface area contributed by atoms with E-state index < -0.39 is 0 Å². The molecule has 0 bridgehead atoms. The molecule has 0 spiro atoms. The predicted molar refractivity (Wildman–Crippen MR) is 74.6 cm³/mol. The van der Waals surface area contributed by atoms with Gasteiger partial charge in [-0.05, 0) is 42.5 Å². The molecule has 4 nitrogen and oxygen atoms in total. The van der Waals surface area contributed by atoms with E-state index in [9.17, 15) is 0 Å². The summed E-state index contributed by atoms with van der Waals surface area (Å²) >= 11 is 0. The normalized spacial score (nSPS) is 18.1. The van der Waals surface area contributed by atoms with Crippen molar-refractivity contribution in [2.75, 3.05) is 33.5 Å². The number of fused-ring (bicyclic) bond motifs is 1. The first-order valence-corrected chi connectivity index (χ1v) is 6.94. The molecule has 0 fully saturated rings. The minimum absolute atomic E-state index is 0.0868. The van der Waals surface area contributed by atoms with Gasteiger partial charge < -0.3 is 19.9 Å². The first-order chi connectivity index (χ1) is 9.35. The van der Waals surface area contributed by atoms with Crippen LogP contribution >= 0.6 is 0 Å². The zero-order valence-corrected chi connectivity index (χ0v) is 11.5. The third kappa shape index (κ3) is 3.93. The fourth-order valence-corrected chi connectivity index (χ4v) is 2.59. The third-order valence-electron chi connectivity index (χ3n) is 3.54. The van der Waals surface area contributed by atoms with Crippen molar-refractivity contribution < 1.29 is 14.6 Å². The number of hydrogen-bond acceptors (Lipinski definition) is 4. The molecule has 1 aliphatic carbocycles. The fraction of sp³-hybridized carbons (Fsp3) is 0.600. The fourth-order valence-electron chi connectivity index (χ4n) is 2.59. The Hall–Kier alpha value is -1.10. The Bertz CT molecular complexity index is 395. The Kier molecular flexibility index (Phi) is 5.63. The van der Waals surface area contributed by atoms with E-state index in [1.54, 1.807) is 7.11 Å². The molecule has 0 aromatic heterocycles. The topological polar surface area (TPSA) is 50.7 Å². The summed E-state index contributed by atoms with van der Waals surface area (Å²) in [5.41, 5.74) is 2.77. The molecule has 1 aromatic rings. The largest absolute Gasteiger partial charge is 0.497 e. The van der Waals surface area contributed by atoms with E-state index in [4.69, 9.17) is 14.6 Å². The zero-order valence-electron chi connectivity index (χ0n) is 11.5. The van der Waals surface area contributed by atoms with E-state index in [1.165, 1.54) is 17.5 Å². The summed E-state index contributed by atoms with van der Waals surface area (Å²) in [6.07, 6.45) is 3.52. The van der Waals surface area contributed by atoms with Crippen LogP contribution in [0.1, 0.15) is 30.0 Å². The smallest absolute Gasteiger partial charge is 0.119 e. The number of hydrogen-bond donors (Lipinski definition) is 2. The molecule has 4 heteroatoms. The van der Waals surface area contributed by atoms with Gasteiger partial charge in [0.1, 0.15) is 5.75 Å². The molecule has 19 heavy (non-hydrogen) atoms. The van der Waals surface area contributed by atoms with Crippen molar-refractivity contribution in [2.45, 2.75) is 25.3 Å². The lowest BCUT2D eigenvalue weighted by molar-refractivity contribution is 0.0922. The van der Waals surface area contributed by atoms with Gasteiger partial charge in [-0.3, -0.25) is 0 Å². The summed E-state index contributed by atoms with van der Waals surface area (Å²) < 4.78 is 10.6. The van der Waals surface area contributed by atoms with Crippen LogP contribution in [-0.4, -0.2) is 38.6 Å². The molecule has 0 aliphatic heterocycles. The number of rotatable bonds is 7. The molecule has 2 rings (SSSR count). The Balaban J connectivity index is 1.92. The quantitative estimate of drug-likeness (QED) is 0.736. The molecular formula is C15H23NO3. The summed E-state index contributed by atoms with van der Waals surface area (Å²) in [6, 6.07) is 6.73. The van der Waals surface area contributed by atoms with Crippen molar-refractivity contribution >= 4 is 0 Å². The van der Waals surface area contributed by atoms with Crippen LogP contribution in [0.4, 0.5) is 0 Å². The number of benzene rings is 1. The number of ether oxygens (including phenoxy) is 2. The second-order valence-corrected chi connectivity index (χ2v) is 4.80. The highest BCUT2D eigenvalue weighted by Gasteiger charge is 2.20. The molecule has 106 valence electrons. The minimum atomic E-state index is 0.0868. The van der Waals surface area contributed by atoms with Crippen molar-refractivity contribution in [3.05, 3.63) is 29.3 Å². The molecule has 0 amide bonds.